The standard InChI is InChI=1S/CH6N3/c1-4(2)3/h1-3H2/q+1. The minimum absolute atomic E-state index is 0.750. The van der Waals surface area contributed by atoms with E-state index in [1.54, 1.807) is 0 Å². The molecule has 0 atom stereocenters. The zero-order valence-corrected chi connectivity index (χ0v) is 2.31. The van der Waals surface area contributed by atoms with Gasteiger partial charge in [-0.05, 0) is 4.79 Å². The van der Waals surface area contributed by atoms with Crippen molar-refractivity contribution in [3.8, 4) is 0 Å². The Labute approximate surface area is 24.5 Å². The lowest BCUT2D eigenvalue weighted by atomic mass is 11.7. The van der Waals surface area contributed by atoms with E-state index in [1.165, 1.54) is 0 Å². The normalized spacial score (nSPS) is 6.00. The quantitative estimate of drug-likeness (QED) is 0.154. The largest absolute Gasteiger partial charge is 0.191 e. The average molecular weight is 60.1 g/mol. The van der Waals surface area contributed by atoms with Gasteiger partial charge in [-0.1, -0.05) is 0 Å². The van der Waals surface area contributed by atoms with E-state index in [1.807, 2.05) is 0 Å². The molecule has 0 aromatic rings. The van der Waals surface area contributed by atoms with E-state index < -0.39 is 0 Å². The third-order valence-electron chi connectivity index (χ3n) is 0. The molecule has 0 radical (unpaired) electrons. The zero-order valence-electron chi connectivity index (χ0n) is 2.31. The Balaban J connectivity index is 2.80. The van der Waals surface area contributed by atoms with Crippen molar-refractivity contribution in [1.82, 2.24) is 0 Å². The number of rotatable bonds is 0. The molecule has 0 aliphatic carbocycles. The van der Waals surface area contributed by atoms with Gasteiger partial charge in [-0.15, -0.1) is 0 Å². The maximum atomic E-state index is 4.61. The summed E-state index contributed by atoms with van der Waals surface area (Å²) in [6.07, 6.45) is 0. The van der Waals surface area contributed by atoms with E-state index in [0.717, 1.165) is 4.79 Å². The predicted molar refractivity (Wildman–Crippen MR) is 15.8 cm³/mol. The highest BCUT2D eigenvalue weighted by Gasteiger charge is 1.53. The average Bonchev–Trinajstić information content (AvgIpc) is 0.811. The van der Waals surface area contributed by atoms with Crippen molar-refractivity contribution in [2.75, 3.05) is 0 Å². The summed E-state index contributed by atoms with van der Waals surface area (Å²) in [7, 11) is 0. The van der Waals surface area contributed by atoms with Crippen LogP contribution >= 0.6 is 0 Å². The van der Waals surface area contributed by atoms with Gasteiger partial charge < -0.3 is 0 Å². The fraction of sp³-hybridized carbons (Fsp3) is 0. The molecule has 4 heavy (non-hydrogen) atoms. The summed E-state index contributed by atoms with van der Waals surface area (Å²) < 4.78 is 0. The van der Waals surface area contributed by atoms with Crippen LogP contribution < -0.4 is 11.7 Å². The van der Waals surface area contributed by atoms with Crippen LogP contribution in [0.2, 0.25) is 0 Å². The molecular formula is CH6N3+. The zero-order chi connectivity index (χ0) is 3.58. The molecule has 0 bridgehead atoms. The second kappa shape index (κ2) is 0.711. The van der Waals surface area contributed by atoms with Crippen molar-refractivity contribution >= 4 is 6.72 Å². The van der Waals surface area contributed by atoms with Crippen LogP contribution in [0.3, 0.4) is 0 Å². The highest BCUT2D eigenvalue weighted by molar-refractivity contribution is 5.13. The lowest BCUT2D eigenvalue weighted by Gasteiger charge is -1.65. The second-order valence-electron chi connectivity index (χ2n) is 0.514. The van der Waals surface area contributed by atoms with Gasteiger partial charge in [0.15, 0.2) is 6.72 Å². The van der Waals surface area contributed by atoms with Crippen LogP contribution in [0.1, 0.15) is 0 Å². The maximum absolute atomic E-state index is 4.61. The van der Waals surface area contributed by atoms with E-state index in [9.17, 15) is 0 Å². The Kier molecular flexibility index (Phi) is 0.581. The molecule has 0 aliphatic heterocycles. The number of hydrazine groups is 2. The Morgan fingerprint density at radius 2 is 1.50 bits per heavy atom. The molecule has 3 heteroatoms. The van der Waals surface area contributed by atoms with E-state index in [2.05, 4.69) is 18.4 Å². The molecule has 0 amide bonds. The van der Waals surface area contributed by atoms with E-state index in [-0.39, 0.29) is 0 Å². The van der Waals surface area contributed by atoms with Crippen molar-refractivity contribution in [2.45, 2.75) is 0 Å². The van der Waals surface area contributed by atoms with E-state index >= 15 is 0 Å². The molecule has 3 nitrogen and oxygen atoms in total. The molecule has 0 fully saturated rings. The third kappa shape index (κ3) is 0.174. The van der Waals surface area contributed by atoms with Crippen LogP contribution in [-0.4, -0.2) is 11.5 Å². The van der Waals surface area contributed by atoms with Crippen LogP contribution in [0.15, 0.2) is 0 Å². The predicted octanol–water partition coefficient (Wildman–Crippen LogP) is -1.55. The topological polar surface area (TPSA) is 55.0 Å². The van der Waals surface area contributed by atoms with Gasteiger partial charge in [0.25, 0.3) is 0 Å². The summed E-state index contributed by atoms with van der Waals surface area (Å²) in [5.41, 5.74) is 0. The van der Waals surface area contributed by atoms with Gasteiger partial charge in [-0.3, -0.25) is 0 Å². The van der Waals surface area contributed by atoms with Crippen molar-refractivity contribution in [3.05, 3.63) is 0 Å². The number of nitrogens with two attached hydrogens (primary N) is 2. The summed E-state index contributed by atoms with van der Waals surface area (Å²) >= 11 is 0. The van der Waals surface area contributed by atoms with Gasteiger partial charge in [-0.25, -0.2) is 0 Å². The summed E-state index contributed by atoms with van der Waals surface area (Å²) in [5.74, 6) is 9.22. The minimum Gasteiger partial charge on any atom is -0.184 e. The molecule has 0 rings (SSSR count). The SMILES string of the molecule is C=[N+](N)N. The molecule has 0 unspecified atom stereocenters. The summed E-state index contributed by atoms with van der Waals surface area (Å²) in [6, 6.07) is 0. The molecule has 0 heterocycles. The molecule has 0 saturated heterocycles. The van der Waals surface area contributed by atoms with Gasteiger partial charge in [-0.2, -0.15) is 11.7 Å². The van der Waals surface area contributed by atoms with Crippen molar-refractivity contribution in [3.63, 3.8) is 0 Å². The lowest BCUT2D eigenvalue weighted by molar-refractivity contribution is -0.542. The molecular weight excluding hydrogens is 54.0 g/mol. The van der Waals surface area contributed by atoms with Crippen LogP contribution in [0.4, 0.5) is 0 Å². The Morgan fingerprint density at radius 3 is 1.50 bits per heavy atom. The Hall–Kier alpha value is -0.730. The van der Waals surface area contributed by atoms with Crippen molar-refractivity contribution < 1.29 is 4.79 Å². The smallest absolute Gasteiger partial charge is 0.184 e. The molecule has 4 N–H and O–H groups in total. The number of nitrogens with zero attached hydrogens (tertiary/aromatic N) is 1. The fourth-order valence-electron chi connectivity index (χ4n) is 0. The van der Waals surface area contributed by atoms with Gasteiger partial charge in [0.1, 0.15) is 0 Å². The summed E-state index contributed by atoms with van der Waals surface area (Å²) in [6.45, 7) is 3.03. The fourth-order valence-corrected chi connectivity index (χ4v) is 0. The van der Waals surface area contributed by atoms with Gasteiger partial charge in [0.2, 0.25) is 0 Å². The Bertz CT molecular complexity index is 26.3. The van der Waals surface area contributed by atoms with E-state index in [0.29, 0.717) is 0 Å². The van der Waals surface area contributed by atoms with E-state index in [4.69, 9.17) is 0 Å². The molecule has 24 valence electrons. The van der Waals surface area contributed by atoms with Gasteiger partial charge in [0, 0.05) is 0 Å². The highest BCUT2D eigenvalue weighted by atomic mass is 15.5. The molecule has 0 saturated carbocycles. The lowest BCUT2D eigenvalue weighted by Crippen LogP contribution is -2.24. The molecule has 0 aliphatic rings. The first-order valence-corrected chi connectivity index (χ1v) is 0.833. The second-order valence-corrected chi connectivity index (χ2v) is 0.514. The van der Waals surface area contributed by atoms with Gasteiger partial charge in [0.05, 0.1) is 0 Å². The van der Waals surface area contributed by atoms with Gasteiger partial charge >= 0.3 is 0 Å². The number of hydrogen-bond acceptors (Lipinski definition) is 2. The Morgan fingerprint density at radius 1 is 1.50 bits per heavy atom. The first kappa shape index (κ1) is 3.27. The third-order valence-corrected chi connectivity index (χ3v) is 0. The van der Waals surface area contributed by atoms with Crippen molar-refractivity contribution in [2.24, 2.45) is 11.7 Å². The van der Waals surface area contributed by atoms with Crippen LogP contribution in [0.25, 0.3) is 0 Å². The monoisotopic (exact) mass is 60.1 g/mol. The first-order valence-electron chi connectivity index (χ1n) is 0.833. The minimum atomic E-state index is 0.750. The maximum Gasteiger partial charge on any atom is 0.191 e. The van der Waals surface area contributed by atoms with Crippen molar-refractivity contribution in [1.29, 1.82) is 0 Å². The van der Waals surface area contributed by atoms with Crippen LogP contribution in [0, 0.1) is 0 Å². The molecule has 0 aromatic carbocycles. The summed E-state index contributed by atoms with van der Waals surface area (Å²) in [5, 5.41) is 0. The summed E-state index contributed by atoms with van der Waals surface area (Å²) in [4.78, 5) is 0.750. The highest BCUT2D eigenvalue weighted by Crippen LogP contribution is 1.02. The number of hydrazone groups is 2. The number of hydrogen-bond donors (Lipinski definition) is 2. The van der Waals surface area contributed by atoms with Crippen LogP contribution in [0.5, 0.6) is 0 Å². The molecule has 0 spiro atoms. The molecule has 0 aromatic heterocycles. The van der Waals surface area contributed by atoms with Crippen LogP contribution in [-0.2, 0) is 0 Å². The first-order chi connectivity index (χ1) is 1.73.